The Balaban J connectivity index is 1.60. The zero-order valence-electron chi connectivity index (χ0n) is 21.2. The average molecular weight is 487 g/mol. The smallest absolute Gasteiger partial charge is 0.340 e. The maximum atomic E-state index is 13.2. The maximum Gasteiger partial charge on any atom is 0.340 e. The Morgan fingerprint density at radius 2 is 1.61 bits per heavy atom. The summed E-state index contributed by atoms with van der Waals surface area (Å²) in [6, 6.07) is 17.1. The minimum absolute atomic E-state index is 0.0217. The van der Waals surface area contributed by atoms with Gasteiger partial charge in [0, 0.05) is 28.8 Å². The van der Waals surface area contributed by atoms with Crippen LogP contribution < -0.4 is 9.47 Å². The summed E-state index contributed by atoms with van der Waals surface area (Å²) in [5.74, 6) is 0.366. The van der Waals surface area contributed by atoms with Gasteiger partial charge in [-0.2, -0.15) is 0 Å². The first-order valence-corrected chi connectivity index (χ1v) is 12.2. The van der Waals surface area contributed by atoms with Crippen molar-refractivity contribution in [3.8, 4) is 23.0 Å². The van der Waals surface area contributed by atoms with Gasteiger partial charge < -0.3 is 19.3 Å². The second kappa shape index (κ2) is 8.12. The third-order valence-corrected chi connectivity index (χ3v) is 7.07. The standard InChI is InChI=1S/C30H30O6/c1-6-29(5,17-28(2,3)4)27(33)34-19-12-14-23-25(16-19)35-24-15-18(31)11-13-22(24)30(23)21-10-8-7-9-20(21)26(32)36-30/h7-16,31H,6,17H2,1-5H3. The van der Waals surface area contributed by atoms with Gasteiger partial charge in [-0.05, 0) is 55.5 Å². The molecule has 1 spiro atoms. The molecular formula is C30H30O6. The van der Waals surface area contributed by atoms with Crippen molar-refractivity contribution >= 4 is 11.9 Å². The topological polar surface area (TPSA) is 82.1 Å². The van der Waals surface area contributed by atoms with Crippen LogP contribution in [-0.4, -0.2) is 17.0 Å². The Bertz CT molecular complexity index is 1380. The lowest BCUT2D eigenvalue weighted by molar-refractivity contribution is -0.147. The minimum Gasteiger partial charge on any atom is -0.508 e. The Labute approximate surface area is 210 Å². The van der Waals surface area contributed by atoms with E-state index in [1.165, 1.54) is 6.07 Å². The predicted octanol–water partition coefficient (Wildman–Crippen LogP) is 6.72. The molecule has 0 amide bonds. The first-order valence-electron chi connectivity index (χ1n) is 12.2. The van der Waals surface area contributed by atoms with Crippen LogP contribution in [0.2, 0.25) is 0 Å². The number of rotatable bonds is 4. The maximum absolute atomic E-state index is 13.2. The van der Waals surface area contributed by atoms with Crippen LogP contribution in [0.4, 0.5) is 0 Å². The van der Waals surface area contributed by atoms with Crippen molar-refractivity contribution in [3.05, 3.63) is 82.9 Å². The number of carbonyl (C=O) groups excluding carboxylic acids is 2. The molecule has 0 fully saturated rings. The number of esters is 2. The SMILES string of the molecule is CCC(C)(CC(C)(C)C)C(=O)Oc1ccc2c(c1)Oc1cc(O)ccc1C21OC(=O)c2ccccc21. The van der Waals surface area contributed by atoms with E-state index in [-0.39, 0.29) is 17.1 Å². The molecule has 0 aliphatic carbocycles. The Kier molecular flexibility index (Phi) is 5.39. The van der Waals surface area contributed by atoms with Gasteiger partial charge in [-0.3, -0.25) is 4.79 Å². The van der Waals surface area contributed by atoms with Crippen LogP contribution in [0.5, 0.6) is 23.0 Å². The molecular weight excluding hydrogens is 456 g/mol. The van der Waals surface area contributed by atoms with Gasteiger partial charge >= 0.3 is 11.9 Å². The van der Waals surface area contributed by atoms with Crippen molar-refractivity contribution in [1.29, 1.82) is 0 Å². The van der Waals surface area contributed by atoms with E-state index in [4.69, 9.17) is 14.2 Å². The van der Waals surface area contributed by atoms with Crippen LogP contribution in [0, 0.1) is 10.8 Å². The molecule has 2 heterocycles. The molecule has 186 valence electrons. The number of phenols is 1. The van der Waals surface area contributed by atoms with E-state index >= 15 is 0 Å². The van der Waals surface area contributed by atoms with Crippen LogP contribution >= 0.6 is 0 Å². The first-order chi connectivity index (χ1) is 17.0. The van der Waals surface area contributed by atoms with Crippen molar-refractivity contribution in [2.45, 2.75) is 53.1 Å². The van der Waals surface area contributed by atoms with Crippen LogP contribution in [0.25, 0.3) is 0 Å². The Morgan fingerprint density at radius 1 is 0.944 bits per heavy atom. The fourth-order valence-corrected chi connectivity index (χ4v) is 5.45. The average Bonchev–Trinajstić information content (AvgIpc) is 3.10. The first kappa shape index (κ1) is 23.9. The zero-order chi connectivity index (χ0) is 25.9. The lowest BCUT2D eigenvalue weighted by Crippen LogP contribution is -2.35. The van der Waals surface area contributed by atoms with Gasteiger partial charge in [-0.25, -0.2) is 4.79 Å². The van der Waals surface area contributed by atoms with Crippen LogP contribution in [0.15, 0.2) is 60.7 Å². The monoisotopic (exact) mass is 486 g/mol. The van der Waals surface area contributed by atoms with Crippen LogP contribution in [-0.2, 0) is 15.1 Å². The number of hydrogen-bond donors (Lipinski definition) is 1. The summed E-state index contributed by atoms with van der Waals surface area (Å²) in [5.41, 5.74) is 0.471. The number of carbonyl (C=O) groups is 2. The highest BCUT2D eigenvalue weighted by atomic mass is 16.6. The molecule has 0 aromatic heterocycles. The van der Waals surface area contributed by atoms with Crippen molar-refractivity contribution in [2.75, 3.05) is 0 Å². The molecule has 2 atom stereocenters. The van der Waals surface area contributed by atoms with Gasteiger partial charge in [0.2, 0.25) is 0 Å². The van der Waals surface area contributed by atoms with E-state index in [0.717, 1.165) is 0 Å². The van der Waals surface area contributed by atoms with E-state index in [2.05, 4.69) is 20.8 Å². The predicted molar refractivity (Wildman–Crippen MR) is 134 cm³/mol. The van der Waals surface area contributed by atoms with Crippen molar-refractivity contribution in [1.82, 2.24) is 0 Å². The van der Waals surface area contributed by atoms with E-state index in [9.17, 15) is 14.7 Å². The third kappa shape index (κ3) is 3.72. The summed E-state index contributed by atoms with van der Waals surface area (Å²) in [6.07, 6.45) is 1.33. The van der Waals surface area contributed by atoms with Gasteiger partial charge in [0.1, 0.15) is 23.0 Å². The minimum atomic E-state index is -1.24. The van der Waals surface area contributed by atoms with Gasteiger partial charge in [0.25, 0.3) is 0 Å². The quantitative estimate of drug-likeness (QED) is 0.326. The van der Waals surface area contributed by atoms with E-state index in [1.54, 1.807) is 42.5 Å². The molecule has 3 aromatic carbocycles. The number of fused-ring (bicyclic) bond motifs is 6. The summed E-state index contributed by atoms with van der Waals surface area (Å²) in [7, 11) is 0. The molecule has 0 bridgehead atoms. The Hall–Kier alpha value is -3.80. The lowest BCUT2D eigenvalue weighted by atomic mass is 9.73. The molecule has 5 rings (SSSR count). The number of ether oxygens (including phenoxy) is 3. The second-order valence-corrected chi connectivity index (χ2v) is 11.1. The summed E-state index contributed by atoms with van der Waals surface area (Å²) in [5, 5.41) is 10.1. The van der Waals surface area contributed by atoms with Gasteiger partial charge in [0.15, 0.2) is 5.60 Å². The molecule has 2 aliphatic rings. The fourth-order valence-electron chi connectivity index (χ4n) is 5.45. The molecule has 0 saturated heterocycles. The molecule has 1 N–H and O–H groups in total. The van der Waals surface area contributed by atoms with Crippen molar-refractivity contribution in [2.24, 2.45) is 10.8 Å². The number of hydrogen-bond acceptors (Lipinski definition) is 6. The number of aromatic hydroxyl groups is 1. The van der Waals surface area contributed by atoms with E-state index in [1.807, 2.05) is 26.0 Å². The third-order valence-electron chi connectivity index (χ3n) is 7.07. The normalized spacial score (nSPS) is 19.4. The van der Waals surface area contributed by atoms with Crippen molar-refractivity contribution < 1.29 is 28.9 Å². The number of phenolic OH excluding ortho intramolecular Hbond substituents is 1. The molecule has 6 nitrogen and oxygen atoms in total. The summed E-state index contributed by atoms with van der Waals surface area (Å²) >= 11 is 0. The number of benzene rings is 3. The molecule has 6 heteroatoms. The summed E-state index contributed by atoms with van der Waals surface area (Å²) < 4.78 is 18.1. The van der Waals surface area contributed by atoms with Crippen LogP contribution in [0.3, 0.4) is 0 Å². The highest BCUT2D eigenvalue weighted by Crippen LogP contribution is 2.57. The Morgan fingerprint density at radius 3 is 2.31 bits per heavy atom. The highest BCUT2D eigenvalue weighted by molar-refractivity contribution is 5.97. The van der Waals surface area contributed by atoms with Crippen LogP contribution in [0.1, 0.15) is 74.5 Å². The molecule has 2 aliphatic heterocycles. The van der Waals surface area contributed by atoms with Gasteiger partial charge in [-0.1, -0.05) is 45.9 Å². The highest BCUT2D eigenvalue weighted by Gasteiger charge is 2.53. The molecule has 3 aromatic rings. The van der Waals surface area contributed by atoms with E-state index < -0.39 is 17.0 Å². The lowest BCUT2D eigenvalue weighted by Gasteiger charge is -2.36. The second-order valence-electron chi connectivity index (χ2n) is 11.1. The molecule has 36 heavy (non-hydrogen) atoms. The molecule has 0 saturated carbocycles. The van der Waals surface area contributed by atoms with Crippen molar-refractivity contribution in [3.63, 3.8) is 0 Å². The van der Waals surface area contributed by atoms with Gasteiger partial charge in [-0.15, -0.1) is 0 Å². The molecule has 0 radical (unpaired) electrons. The summed E-state index contributed by atoms with van der Waals surface area (Å²) in [4.78, 5) is 26.2. The molecule has 2 unspecified atom stereocenters. The zero-order valence-corrected chi connectivity index (χ0v) is 21.2. The largest absolute Gasteiger partial charge is 0.508 e. The van der Waals surface area contributed by atoms with E-state index in [0.29, 0.717) is 52.3 Å². The fraction of sp³-hybridized carbons (Fsp3) is 0.333. The van der Waals surface area contributed by atoms with Gasteiger partial charge in [0.05, 0.1) is 11.0 Å². The summed E-state index contributed by atoms with van der Waals surface area (Å²) in [6.45, 7) is 10.2.